The van der Waals surface area contributed by atoms with Crippen molar-refractivity contribution in [1.29, 1.82) is 0 Å². The molecule has 22 rings (SSSR count). The fourth-order valence-corrected chi connectivity index (χ4v) is 11.9. The molecule has 0 unspecified atom stereocenters. The minimum Gasteiger partial charge on any atom is -0.387 e. The van der Waals surface area contributed by atoms with Crippen molar-refractivity contribution in [3.63, 3.8) is 0 Å². The molecule has 24 nitrogen and oxygen atoms in total. The molecule has 0 aromatic heterocycles. The molecule has 0 radical (unpaired) electrons. The average Bonchev–Trinajstić information content (AvgIpc) is 3.31. The van der Waals surface area contributed by atoms with E-state index in [1.807, 2.05) is 0 Å². The van der Waals surface area contributed by atoms with E-state index in [1.165, 1.54) is 0 Å². The summed E-state index contributed by atoms with van der Waals surface area (Å²) in [6.45, 7) is 0. The Morgan fingerprint density at radius 2 is 0.318 bits per heavy atom. The fraction of sp³-hybridized carbons (Fsp3) is 1.00. The van der Waals surface area contributed by atoms with Crippen LogP contribution in [-0.4, -0.2) is 277 Å². The zero-order valence-electron chi connectivity index (χ0n) is 34.1. The lowest BCUT2D eigenvalue weighted by atomic mass is 9.95. The van der Waals surface area contributed by atoms with Crippen LogP contribution in [-0.2, 0) is 56.8 Å². The zero-order chi connectivity index (χ0) is 48.0. The lowest BCUT2D eigenvalue weighted by Crippen LogP contribution is -2.68. The van der Waals surface area contributed by atoms with Gasteiger partial charge in [-0.1, -0.05) is 95.6 Å². The van der Waals surface area contributed by atoms with E-state index < -0.39 is 184 Å². The second-order valence-corrected chi connectivity index (χ2v) is 20.6. The van der Waals surface area contributed by atoms with E-state index in [0.29, 0.717) is 0 Å². The largest absolute Gasteiger partial charge is 0.387 e. The maximum Gasteiger partial charge on any atom is 0.187 e. The van der Waals surface area contributed by atoms with E-state index in [0.717, 1.165) is 0 Å². The quantitative estimate of drug-likeness (QED) is 0.111. The molecule has 0 amide bonds. The van der Waals surface area contributed by atoms with E-state index in [1.54, 1.807) is 0 Å². The zero-order valence-corrected chi connectivity index (χ0v) is 43.6. The minimum atomic E-state index is -1.90. The van der Waals surface area contributed by atoms with Crippen LogP contribution in [0.25, 0.3) is 0 Å². The van der Waals surface area contributed by atoms with E-state index in [4.69, 9.17) is 56.8 Å². The summed E-state index contributed by atoms with van der Waals surface area (Å²) in [5, 5.41) is 136. The predicted molar refractivity (Wildman–Crippen MR) is 236 cm³/mol. The Morgan fingerprint density at radius 3 is 0.424 bits per heavy atom. The molecule has 12 bridgehead atoms. The molecule has 384 valence electrons. The van der Waals surface area contributed by atoms with Crippen LogP contribution in [0.3, 0.4) is 0 Å². The van der Waals surface area contributed by atoms with Crippen LogP contribution < -0.4 is 0 Å². The number of ether oxygens (including phenoxy) is 12. The molecule has 12 N–H and O–H groups in total. The lowest BCUT2D eigenvalue weighted by molar-refractivity contribution is -0.396. The number of aliphatic hydroxyl groups is 12. The van der Waals surface area contributed by atoms with Gasteiger partial charge in [-0.2, -0.15) is 0 Å². The van der Waals surface area contributed by atoms with Crippen molar-refractivity contribution < 1.29 is 118 Å². The molecule has 0 spiro atoms. The highest BCUT2D eigenvalue weighted by Gasteiger charge is 2.58. The smallest absolute Gasteiger partial charge is 0.187 e. The van der Waals surface area contributed by atoms with Gasteiger partial charge in [0.15, 0.2) is 37.7 Å². The van der Waals surface area contributed by atoms with Crippen molar-refractivity contribution in [3.05, 3.63) is 0 Å². The number of hydrogen-bond acceptors (Lipinski definition) is 24. The standard InChI is InChI=1S/C36H54Br6O24/c37-1-7-25-13(43)19(49)31(55-7)62-26-8(2-38)57-33(21(51)15(26)45)64-28-10(4-40)59-35(23(53)17(28)47)66-30-12(6-42)60-36(24(54)18(30)48)65-29-11(5-41)58-34(22(52)16(29)46)63-27-9(3-39)56-32(61-25)20(50)14(27)44/h7-36,43-54H,1-6H2/t7-,8-,9-,10-,11-,12-,13-,14-,15-,16-,17-,18-,19-,20-,21-,22-,23-,24-,25-,26-,27-,28-,29-,30-,31-,32-,33-,34-,35-,36-/m1/s1. The summed E-state index contributed by atoms with van der Waals surface area (Å²) >= 11 is 19.8. The third-order valence-electron chi connectivity index (χ3n) is 12.5. The molecule has 0 aromatic rings. The van der Waals surface area contributed by atoms with Gasteiger partial charge in [-0.3, -0.25) is 0 Å². The molecule has 22 saturated heterocycles. The molecule has 0 aromatic carbocycles. The number of halogens is 6. The second kappa shape index (κ2) is 24.1. The molecular formula is C36H54Br6O24. The van der Waals surface area contributed by atoms with E-state index in [-0.39, 0.29) is 32.0 Å². The average molecular weight is 1350 g/mol. The molecular weight excluding hydrogens is 1300 g/mol. The Kier molecular flexibility index (Phi) is 20.3. The minimum absolute atomic E-state index is 0.0640. The maximum atomic E-state index is 11.4. The van der Waals surface area contributed by atoms with Crippen molar-refractivity contribution in [2.45, 2.75) is 184 Å². The first-order valence-corrected chi connectivity index (χ1v) is 27.5. The third kappa shape index (κ3) is 11.1. The van der Waals surface area contributed by atoms with Crippen molar-refractivity contribution in [3.8, 4) is 0 Å². The first-order chi connectivity index (χ1) is 31.4. The van der Waals surface area contributed by atoms with Crippen LogP contribution in [0.5, 0.6) is 0 Å². The molecule has 30 atom stereocenters. The number of alkyl halides is 6. The molecule has 66 heavy (non-hydrogen) atoms. The molecule has 22 fully saturated rings. The highest BCUT2D eigenvalue weighted by Crippen LogP contribution is 2.39. The number of aliphatic hydroxyl groups excluding tert-OH is 12. The molecule has 22 aliphatic heterocycles. The SMILES string of the molecule is O[C@@H]1[C@@H](O)[C@H]2O[C@H]3[C@H](O)[C@@H](O)[C@@H](O[C@H]4[C@H](O)[C@@H](O)[C@@H](O[C@H]5[C@H](O)[C@@H](O)[C@@H](O[C@H]6[C@H](O)[C@@H](O)[C@@H](O[C@H]7[C@H](O)[C@@H](O)[C@@H](O[C@@H]1[C@@H](CBr)O2)O[C@@H]7CBr)O[C@@H]6CBr)O[C@@H]5CBr)O[C@@H]4CBr)O[C@@H]3CBr. The Morgan fingerprint density at radius 1 is 0.197 bits per heavy atom. The Balaban J connectivity index is 1.19. The highest BCUT2D eigenvalue weighted by molar-refractivity contribution is 9.10. The monoisotopic (exact) mass is 1340 g/mol. The van der Waals surface area contributed by atoms with Crippen LogP contribution in [0, 0.1) is 0 Å². The van der Waals surface area contributed by atoms with Gasteiger partial charge in [-0.15, -0.1) is 0 Å². The third-order valence-corrected chi connectivity index (χ3v) is 16.3. The molecule has 22 aliphatic rings. The molecule has 0 aliphatic carbocycles. The highest BCUT2D eigenvalue weighted by atomic mass is 79.9. The first kappa shape index (κ1) is 55.7. The van der Waals surface area contributed by atoms with Crippen LogP contribution in [0.1, 0.15) is 0 Å². The Labute approximate surface area is 427 Å². The Hall–Kier alpha value is 1.92. The first-order valence-electron chi connectivity index (χ1n) is 20.8. The molecule has 30 heteroatoms. The van der Waals surface area contributed by atoms with Gasteiger partial charge in [0, 0.05) is 32.0 Å². The summed E-state index contributed by atoms with van der Waals surface area (Å²) in [6.07, 6.45) is -48.2. The summed E-state index contributed by atoms with van der Waals surface area (Å²) in [6, 6.07) is 0. The normalized spacial score (nSPS) is 55.4. The van der Waals surface area contributed by atoms with E-state index in [2.05, 4.69) is 95.6 Å². The summed E-state index contributed by atoms with van der Waals surface area (Å²) < 4.78 is 71.9. The maximum absolute atomic E-state index is 11.4. The number of hydrogen-bond donors (Lipinski definition) is 12. The van der Waals surface area contributed by atoms with E-state index in [9.17, 15) is 61.3 Å². The molecule has 22 heterocycles. The summed E-state index contributed by atoms with van der Waals surface area (Å²) in [7, 11) is 0. The van der Waals surface area contributed by atoms with Gasteiger partial charge < -0.3 is 118 Å². The van der Waals surface area contributed by atoms with Crippen molar-refractivity contribution >= 4 is 95.6 Å². The van der Waals surface area contributed by atoms with Gasteiger partial charge in [0.1, 0.15) is 110 Å². The van der Waals surface area contributed by atoms with Crippen molar-refractivity contribution in [2.75, 3.05) is 32.0 Å². The van der Waals surface area contributed by atoms with E-state index >= 15 is 0 Å². The van der Waals surface area contributed by atoms with Crippen molar-refractivity contribution in [2.24, 2.45) is 0 Å². The van der Waals surface area contributed by atoms with Gasteiger partial charge in [0.25, 0.3) is 0 Å². The summed E-state index contributed by atoms with van der Waals surface area (Å²) in [5.74, 6) is 0. The van der Waals surface area contributed by atoms with Gasteiger partial charge in [-0.25, -0.2) is 0 Å². The topological polar surface area (TPSA) is 354 Å². The summed E-state index contributed by atoms with van der Waals surface area (Å²) in [5.41, 5.74) is 0. The van der Waals surface area contributed by atoms with Gasteiger partial charge in [0.2, 0.25) is 0 Å². The van der Waals surface area contributed by atoms with Crippen LogP contribution in [0.15, 0.2) is 0 Å². The van der Waals surface area contributed by atoms with Crippen LogP contribution in [0.4, 0.5) is 0 Å². The predicted octanol–water partition coefficient (Wildman–Crippen LogP) is -4.64. The Bertz CT molecular complexity index is 1260. The van der Waals surface area contributed by atoms with Crippen LogP contribution in [0.2, 0.25) is 0 Å². The van der Waals surface area contributed by atoms with Gasteiger partial charge >= 0.3 is 0 Å². The number of rotatable bonds is 6. The molecule has 0 saturated carbocycles. The summed E-state index contributed by atoms with van der Waals surface area (Å²) in [4.78, 5) is 0. The fourth-order valence-electron chi connectivity index (χ4n) is 8.79. The van der Waals surface area contributed by atoms with Crippen molar-refractivity contribution in [1.82, 2.24) is 0 Å². The lowest BCUT2D eigenvalue weighted by Gasteiger charge is -2.50. The van der Waals surface area contributed by atoms with Gasteiger partial charge in [0.05, 0.1) is 36.6 Å². The second-order valence-electron chi connectivity index (χ2n) is 16.7. The van der Waals surface area contributed by atoms with Crippen LogP contribution >= 0.6 is 95.6 Å². The van der Waals surface area contributed by atoms with Gasteiger partial charge in [-0.05, 0) is 0 Å².